The van der Waals surface area contributed by atoms with E-state index in [1.165, 1.54) is 0 Å². The first kappa shape index (κ1) is 16.3. The number of nitrogens with two attached hydrogens (primary N) is 1. The van der Waals surface area contributed by atoms with Gasteiger partial charge >= 0.3 is 5.69 Å². The number of carbonyl (C=O) groups is 1. The number of nitrogens with one attached hydrogen (secondary N) is 1. The zero-order valence-corrected chi connectivity index (χ0v) is 12.1. The molecule has 0 saturated carbocycles. The second-order valence-corrected chi connectivity index (χ2v) is 4.75. The first-order valence-electron chi connectivity index (χ1n) is 5.71. The van der Waals surface area contributed by atoms with Crippen molar-refractivity contribution < 1.29 is 18.8 Å². The summed E-state index contributed by atoms with van der Waals surface area (Å²) in [5, 5.41) is 10.9. The summed E-state index contributed by atoms with van der Waals surface area (Å²) in [4.78, 5) is 21.7. The molecule has 1 unspecified atom stereocenters. The van der Waals surface area contributed by atoms with E-state index in [2.05, 4.69) is 15.9 Å². The Labute approximate surface area is 122 Å². The van der Waals surface area contributed by atoms with E-state index in [1.807, 2.05) is 5.43 Å². The first-order valence-corrected chi connectivity index (χ1v) is 6.50. The third-order valence-electron chi connectivity index (χ3n) is 2.45. The molecule has 0 heterocycles. The fourth-order valence-corrected chi connectivity index (χ4v) is 1.84. The van der Waals surface area contributed by atoms with Crippen molar-refractivity contribution in [2.45, 2.75) is 25.9 Å². The van der Waals surface area contributed by atoms with Gasteiger partial charge in [-0.15, -0.1) is 0 Å². The van der Waals surface area contributed by atoms with Gasteiger partial charge in [-0.05, 0) is 22.4 Å². The van der Waals surface area contributed by atoms with E-state index < -0.39 is 28.4 Å². The second kappa shape index (κ2) is 7.15. The molecule has 0 fully saturated rings. The average Bonchev–Trinajstić information content (AvgIpc) is 2.40. The number of ether oxygens (including phenoxy) is 1. The molecule has 9 heteroatoms. The molecule has 1 atom stereocenters. The maximum absolute atomic E-state index is 13.5. The summed E-state index contributed by atoms with van der Waals surface area (Å²) >= 11 is 2.85. The van der Waals surface area contributed by atoms with Gasteiger partial charge in [-0.25, -0.2) is 10.2 Å². The SMILES string of the molecule is CCCC(Oc1cc(F)c(Br)cc1[N+](=O)[O-])C(=O)NN. The second-order valence-electron chi connectivity index (χ2n) is 3.89. The van der Waals surface area contributed by atoms with Crippen molar-refractivity contribution in [3.63, 3.8) is 0 Å². The van der Waals surface area contributed by atoms with Crippen molar-refractivity contribution in [2.75, 3.05) is 0 Å². The van der Waals surface area contributed by atoms with Gasteiger partial charge in [-0.1, -0.05) is 13.3 Å². The van der Waals surface area contributed by atoms with E-state index in [9.17, 15) is 19.3 Å². The van der Waals surface area contributed by atoms with Crippen LogP contribution in [-0.2, 0) is 4.79 Å². The van der Waals surface area contributed by atoms with Crippen molar-refractivity contribution in [3.05, 3.63) is 32.5 Å². The standard InChI is InChI=1S/C11H13BrFN3O4/c1-2-3-9(11(17)15-14)20-10-5-7(13)6(12)4-8(10)16(18)19/h4-5,9H,2-3,14H2,1H3,(H,15,17). The van der Waals surface area contributed by atoms with Gasteiger partial charge < -0.3 is 4.74 Å². The lowest BCUT2D eigenvalue weighted by molar-refractivity contribution is -0.386. The summed E-state index contributed by atoms with van der Waals surface area (Å²) in [6.07, 6.45) is -0.146. The van der Waals surface area contributed by atoms with Gasteiger partial charge in [0.25, 0.3) is 5.91 Å². The van der Waals surface area contributed by atoms with Crippen LogP contribution in [0.2, 0.25) is 0 Å². The Bertz CT molecular complexity index is 527. The van der Waals surface area contributed by atoms with Crippen molar-refractivity contribution >= 4 is 27.5 Å². The summed E-state index contributed by atoms with van der Waals surface area (Å²) in [7, 11) is 0. The quantitative estimate of drug-likeness (QED) is 0.353. The van der Waals surface area contributed by atoms with Crippen molar-refractivity contribution in [1.82, 2.24) is 5.43 Å². The van der Waals surface area contributed by atoms with Gasteiger partial charge in [0.1, 0.15) is 5.82 Å². The lowest BCUT2D eigenvalue weighted by Gasteiger charge is -2.17. The van der Waals surface area contributed by atoms with Crippen LogP contribution in [0.4, 0.5) is 10.1 Å². The summed E-state index contributed by atoms with van der Waals surface area (Å²) in [6.45, 7) is 1.80. The number of carbonyl (C=O) groups excluding carboxylic acids is 1. The number of hydrogen-bond donors (Lipinski definition) is 2. The number of halogens is 2. The molecule has 0 saturated heterocycles. The number of hydrogen-bond acceptors (Lipinski definition) is 5. The van der Waals surface area contributed by atoms with Crippen molar-refractivity contribution in [3.8, 4) is 5.75 Å². The highest BCUT2D eigenvalue weighted by atomic mass is 79.9. The number of nitrogens with zero attached hydrogens (tertiary/aromatic N) is 1. The van der Waals surface area contributed by atoms with E-state index in [-0.39, 0.29) is 16.6 Å². The molecule has 0 aromatic heterocycles. The van der Waals surface area contributed by atoms with Crippen LogP contribution in [0.15, 0.2) is 16.6 Å². The maximum Gasteiger partial charge on any atom is 0.312 e. The zero-order valence-electron chi connectivity index (χ0n) is 10.6. The number of hydrazine groups is 1. The number of nitro groups is 1. The molecule has 0 spiro atoms. The molecule has 20 heavy (non-hydrogen) atoms. The summed E-state index contributed by atoms with van der Waals surface area (Å²) in [5.74, 6) is 3.33. The molecular formula is C11H13BrFN3O4. The summed E-state index contributed by atoms with van der Waals surface area (Å²) in [5.41, 5.74) is 1.47. The van der Waals surface area contributed by atoms with E-state index in [4.69, 9.17) is 10.6 Å². The van der Waals surface area contributed by atoms with Gasteiger partial charge in [-0.2, -0.15) is 0 Å². The highest BCUT2D eigenvalue weighted by Crippen LogP contribution is 2.33. The largest absolute Gasteiger partial charge is 0.473 e. The molecule has 110 valence electrons. The molecular weight excluding hydrogens is 337 g/mol. The van der Waals surface area contributed by atoms with E-state index in [1.54, 1.807) is 6.92 Å². The lowest BCUT2D eigenvalue weighted by Crippen LogP contribution is -2.42. The molecule has 0 aliphatic carbocycles. The number of amides is 1. The Balaban J connectivity index is 3.14. The monoisotopic (exact) mass is 349 g/mol. The molecule has 0 aliphatic rings. The maximum atomic E-state index is 13.5. The molecule has 1 aromatic carbocycles. The van der Waals surface area contributed by atoms with Crippen molar-refractivity contribution in [1.29, 1.82) is 0 Å². The fourth-order valence-electron chi connectivity index (χ4n) is 1.51. The van der Waals surface area contributed by atoms with Crippen LogP contribution in [-0.4, -0.2) is 16.9 Å². The normalized spacial score (nSPS) is 11.8. The van der Waals surface area contributed by atoms with Gasteiger partial charge in [0, 0.05) is 12.1 Å². The van der Waals surface area contributed by atoms with E-state index in [0.29, 0.717) is 6.42 Å². The molecule has 0 radical (unpaired) electrons. The smallest absolute Gasteiger partial charge is 0.312 e. The van der Waals surface area contributed by atoms with Crippen LogP contribution in [0.1, 0.15) is 19.8 Å². The van der Waals surface area contributed by atoms with Gasteiger partial charge in [0.15, 0.2) is 6.10 Å². The lowest BCUT2D eigenvalue weighted by atomic mass is 10.2. The number of nitro benzene ring substituents is 1. The van der Waals surface area contributed by atoms with Gasteiger partial charge in [0.05, 0.1) is 9.40 Å². The Morgan fingerprint density at radius 3 is 2.80 bits per heavy atom. The first-order chi connectivity index (χ1) is 9.40. The number of benzene rings is 1. The molecule has 7 nitrogen and oxygen atoms in total. The highest BCUT2D eigenvalue weighted by Gasteiger charge is 2.25. The molecule has 1 aromatic rings. The Hall–Kier alpha value is -1.74. The average molecular weight is 350 g/mol. The molecule has 0 bridgehead atoms. The van der Waals surface area contributed by atoms with Crippen molar-refractivity contribution in [2.24, 2.45) is 5.84 Å². The number of rotatable bonds is 6. The predicted octanol–water partition coefficient (Wildman–Crippen LogP) is 2.03. The molecule has 1 rings (SSSR count). The Morgan fingerprint density at radius 2 is 2.30 bits per heavy atom. The highest BCUT2D eigenvalue weighted by molar-refractivity contribution is 9.10. The third-order valence-corrected chi connectivity index (χ3v) is 3.06. The topological polar surface area (TPSA) is 107 Å². The van der Waals surface area contributed by atoms with Gasteiger partial charge in [0.2, 0.25) is 5.75 Å². The van der Waals surface area contributed by atoms with Crippen LogP contribution in [0, 0.1) is 15.9 Å². The molecule has 1 amide bonds. The van der Waals surface area contributed by atoms with Gasteiger partial charge in [-0.3, -0.25) is 20.3 Å². The predicted molar refractivity (Wildman–Crippen MR) is 72.4 cm³/mol. The molecule has 3 N–H and O–H groups in total. The minimum atomic E-state index is -1.02. The molecule has 0 aliphatic heterocycles. The Kier molecular flexibility index (Phi) is 5.83. The van der Waals surface area contributed by atoms with Crippen LogP contribution >= 0.6 is 15.9 Å². The van der Waals surface area contributed by atoms with E-state index >= 15 is 0 Å². The summed E-state index contributed by atoms with van der Waals surface area (Å²) < 4.78 is 18.6. The Morgan fingerprint density at radius 1 is 1.65 bits per heavy atom. The van der Waals surface area contributed by atoms with Crippen LogP contribution in [0.5, 0.6) is 5.75 Å². The van der Waals surface area contributed by atoms with Crippen LogP contribution < -0.4 is 16.0 Å². The minimum Gasteiger partial charge on any atom is -0.473 e. The van der Waals surface area contributed by atoms with Crippen LogP contribution in [0.3, 0.4) is 0 Å². The fraction of sp³-hybridized carbons (Fsp3) is 0.364. The zero-order chi connectivity index (χ0) is 15.3. The summed E-state index contributed by atoms with van der Waals surface area (Å²) in [6, 6.07) is 1.84. The van der Waals surface area contributed by atoms with E-state index in [0.717, 1.165) is 12.1 Å². The third kappa shape index (κ3) is 3.87. The minimum absolute atomic E-state index is 0.0631. The van der Waals surface area contributed by atoms with Crippen LogP contribution in [0.25, 0.3) is 0 Å².